The zero-order chi connectivity index (χ0) is 11.8. The van der Waals surface area contributed by atoms with Gasteiger partial charge in [0.1, 0.15) is 0 Å². The van der Waals surface area contributed by atoms with Crippen LogP contribution in [0.2, 0.25) is 0 Å². The van der Waals surface area contributed by atoms with Gasteiger partial charge in [-0.2, -0.15) is 0 Å². The number of benzene rings is 1. The van der Waals surface area contributed by atoms with Crippen LogP contribution in [0.1, 0.15) is 6.42 Å². The Morgan fingerprint density at radius 2 is 2.31 bits per heavy atom. The first-order valence-corrected chi connectivity index (χ1v) is 6.28. The third-order valence-corrected chi connectivity index (χ3v) is 2.67. The highest BCUT2D eigenvalue weighted by molar-refractivity contribution is 7.98. The maximum Gasteiger partial charge on any atom is 0.319 e. The molecule has 1 aromatic rings. The van der Waals surface area contributed by atoms with Crippen LogP contribution in [0.25, 0.3) is 0 Å². The molecule has 0 aliphatic carbocycles. The number of nitrogens with one attached hydrogen (secondary N) is 2. The molecule has 16 heavy (non-hydrogen) atoms. The van der Waals surface area contributed by atoms with Gasteiger partial charge in [0.05, 0.1) is 0 Å². The molecule has 0 heterocycles. The smallest absolute Gasteiger partial charge is 0.319 e. The van der Waals surface area contributed by atoms with E-state index in [9.17, 15) is 4.79 Å². The summed E-state index contributed by atoms with van der Waals surface area (Å²) in [6.45, 7) is 0.562. The normalized spacial score (nSPS) is 9.88. The van der Waals surface area contributed by atoms with Crippen LogP contribution in [-0.2, 0) is 0 Å². The lowest BCUT2D eigenvalue weighted by molar-refractivity contribution is 0.249. The molecule has 1 aromatic carbocycles. The molecule has 2 amide bonds. The second-order valence-corrected chi connectivity index (χ2v) is 4.07. The van der Waals surface area contributed by atoms with Crippen molar-refractivity contribution >= 4 is 23.5 Å². The molecular weight excluding hydrogens is 224 g/mol. The van der Waals surface area contributed by atoms with Gasteiger partial charge in [-0.05, 0) is 30.9 Å². The van der Waals surface area contributed by atoms with E-state index >= 15 is 0 Å². The monoisotopic (exact) mass is 240 g/mol. The number of aliphatic hydroxyl groups excluding tert-OH is 1. The summed E-state index contributed by atoms with van der Waals surface area (Å²) in [5.41, 5.74) is 0.772. The Kier molecular flexibility index (Phi) is 5.74. The predicted octanol–water partition coefficient (Wildman–Crippen LogP) is 1.91. The minimum atomic E-state index is -0.244. The van der Waals surface area contributed by atoms with Crippen molar-refractivity contribution < 1.29 is 9.90 Å². The molecule has 0 unspecified atom stereocenters. The van der Waals surface area contributed by atoms with Crippen molar-refractivity contribution in [2.45, 2.75) is 11.3 Å². The largest absolute Gasteiger partial charge is 0.396 e. The lowest BCUT2D eigenvalue weighted by Gasteiger charge is -2.07. The summed E-state index contributed by atoms with van der Waals surface area (Å²) < 4.78 is 0. The van der Waals surface area contributed by atoms with Crippen LogP contribution < -0.4 is 10.6 Å². The number of hydrogen-bond acceptors (Lipinski definition) is 3. The highest BCUT2D eigenvalue weighted by atomic mass is 32.2. The number of rotatable bonds is 5. The van der Waals surface area contributed by atoms with E-state index in [0.717, 1.165) is 10.6 Å². The molecule has 88 valence electrons. The highest BCUT2D eigenvalue weighted by Crippen LogP contribution is 2.18. The second-order valence-electron chi connectivity index (χ2n) is 3.19. The minimum Gasteiger partial charge on any atom is -0.396 e. The van der Waals surface area contributed by atoms with E-state index in [1.165, 1.54) is 0 Å². The molecule has 0 bridgehead atoms. The molecule has 0 fully saturated rings. The molecule has 0 aliphatic rings. The van der Waals surface area contributed by atoms with E-state index in [1.807, 2.05) is 30.5 Å². The lowest BCUT2D eigenvalue weighted by atomic mass is 10.3. The molecule has 5 heteroatoms. The van der Waals surface area contributed by atoms with Crippen molar-refractivity contribution in [1.29, 1.82) is 0 Å². The van der Waals surface area contributed by atoms with E-state index in [0.29, 0.717) is 13.0 Å². The van der Waals surface area contributed by atoms with Crippen molar-refractivity contribution in [3.05, 3.63) is 24.3 Å². The molecule has 0 spiro atoms. The van der Waals surface area contributed by atoms with Crippen LogP contribution in [0.5, 0.6) is 0 Å². The summed E-state index contributed by atoms with van der Waals surface area (Å²) >= 11 is 1.63. The summed E-state index contributed by atoms with van der Waals surface area (Å²) in [5, 5.41) is 13.9. The SMILES string of the molecule is CSc1cccc(NC(=O)NCCCO)c1. The van der Waals surface area contributed by atoms with E-state index in [2.05, 4.69) is 10.6 Å². The van der Waals surface area contributed by atoms with Gasteiger partial charge in [0.25, 0.3) is 0 Å². The molecule has 0 radical (unpaired) electrons. The Morgan fingerprint density at radius 1 is 1.50 bits per heavy atom. The fraction of sp³-hybridized carbons (Fsp3) is 0.364. The Bertz CT molecular complexity index is 345. The topological polar surface area (TPSA) is 61.4 Å². The maximum atomic E-state index is 11.4. The fourth-order valence-corrected chi connectivity index (χ4v) is 1.62. The summed E-state index contributed by atoms with van der Waals surface area (Å²) in [6, 6.07) is 7.39. The van der Waals surface area contributed by atoms with Crippen LogP contribution in [0.4, 0.5) is 10.5 Å². The van der Waals surface area contributed by atoms with Crippen LogP contribution in [0, 0.1) is 0 Å². The maximum absolute atomic E-state index is 11.4. The van der Waals surface area contributed by atoms with Gasteiger partial charge in [-0.3, -0.25) is 0 Å². The zero-order valence-corrected chi connectivity index (χ0v) is 10.0. The van der Waals surface area contributed by atoms with E-state index in [4.69, 9.17) is 5.11 Å². The Labute approximate surface area is 99.4 Å². The number of carbonyl (C=O) groups excluding carboxylic acids is 1. The van der Waals surface area contributed by atoms with Crippen molar-refractivity contribution in [2.24, 2.45) is 0 Å². The van der Waals surface area contributed by atoms with Gasteiger partial charge in [0.15, 0.2) is 0 Å². The van der Waals surface area contributed by atoms with Crippen molar-refractivity contribution in [2.75, 3.05) is 24.7 Å². The first kappa shape index (κ1) is 12.9. The van der Waals surface area contributed by atoms with Crippen LogP contribution in [-0.4, -0.2) is 30.5 Å². The van der Waals surface area contributed by atoms with Gasteiger partial charge in [-0.1, -0.05) is 6.07 Å². The molecular formula is C11H16N2O2S. The second kappa shape index (κ2) is 7.14. The quantitative estimate of drug-likeness (QED) is 0.544. The Hall–Kier alpha value is -1.20. The van der Waals surface area contributed by atoms with Gasteiger partial charge >= 0.3 is 6.03 Å². The summed E-state index contributed by atoms with van der Waals surface area (Å²) in [7, 11) is 0. The number of thioether (sulfide) groups is 1. The van der Waals surface area contributed by atoms with Crippen LogP contribution in [0.3, 0.4) is 0 Å². The average molecular weight is 240 g/mol. The van der Waals surface area contributed by atoms with Gasteiger partial charge in [-0.15, -0.1) is 11.8 Å². The van der Waals surface area contributed by atoms with E-state index in [-0.39, 0.29) is 12.6 Å². The Morgan fingerprint density at radius 3 is 3.00 bits per heavy atom. The number of hydrogen-bond donors (Lipinski definition) is 3. The Balaban J connectivity index is 2.43. The molecule has 0 atom stereocenters. The molecule has 0 saturated carbocycles. The number of amides is 2. The first-order valence-electron chi connectivity index (χ1n) is 5.06. The lowest BCUT2D eigenvalue weighted by Crippen LogP contribution is -2.29. The van der Waals surface area contributed by atoms with Crippen molar-refractivity contribution in [3.8, 4) is 0 Å². The third-order valence-electron chi connectivity index (χ3n) is 1.95. The summed E-state index contributed by atoms with van der Waals surface area (Å²) in [6.07, 6.45) is 2.55. The van der Waals surface area contributed by atoms with Gasteiger partial charge in [-0.25, -0.2) is 4.79 Å². The molecule has 0 saturated heterocycles. The van der Waals surface area contributed by atoms with Crippen LogP contribution in [0.15, 0.2) is 29.2 Å². The highest BCUT2D eigenvalue weighted by Gasteiger charge is 2.00. The van der Waals surface area contributed by atoms with Gasteiger partial charge < -0.3 is 15.7 Å². The van der Waals surface area contributed by atoms with Crippen LogP contribution >= 0.6 is 11.8 Å². The third kappa shape index (κ3) is 4.55. The average Bonchev–Trinajstić information content (AvgIpc) is 2.29. The summed E-state index contributed by atoms with van der Waals surface area (Å²) in [5.74, 6) is 0. The number of anilines is 1. The van der Waals surface area contributed by atoms with Crippen molar-refractivity contribution in [3.63, 3.8) is 0 Å². The fourth-order valence-electron chi connectivity index (χ4n) is 1.16. The molecule has 0 aliphatic heterocycles. The molecule has 0 aromatic heterocycles. The first-order chi connectivity index (χ1) is 7.76. The number of aliphatic hydroxyl groups is 1. The molecule has 1 rings (SSSR count). The van der Waals surface area contributed by atoms with Gasteiger partial charge in [0.2, 0.25) is 0 Å². The predicted molar refractivity (Wildman–Crippen MR) is 66.9 cm³/mol. The number of urea groups is 1. The molecule has 4 nitrogen and oxygen atoms in total. The summed E-state index contributed by atoms with van der Waals surface area (Å²) in [4.78, 5) is 12.5. The van der Waals surface area contributed by atoms with E-state index in [1.54, 1.807) is 11.8 Å². The minimum absolute atomic E-state index is 0.0856. The molecule has 3 N–H and O–H groups in total. The van der Waals surface area contributed by atoms with Gasteiger partial charge in [0, 0.05) is 23.7 Å². The standard InChI is InChI=1S/C11H16N2O2S/c1-16-10-5-2-4-9(8-10)13-11(15)12-6-3-7-14/h2,4-5,8,14H,3,6-7H2,1H3,(H2,12,13,15). The van der Waals surface area contributed by atoms with Crippen molar-refractivity contribution in [1.82, 2.24) is 5.32 Å². The van der Waals surface area contributed by atoms with E-state index < -0.39 is 0 Å². The zero-order valence-electron chi connectivity index (χ0n) is 9.19. The number of carbonyl (C=O) groups is 1.